The molecule has 0 bridgehead atoms. The van der Waals surface area contributed by atoms with Gasteiger partial charge in [-0.25, -0.2) is 4.98 Å². The molecule has 1 aromatic heterocycles. The number of rotatable bonds is 7. The third kappa shape index (κ3) is 4.18. The minimum Gasteiger partial charge on any atom is -0.496 e. The van der Waals surface area contributed by atoms with Crippen LogP contribution in [0, 0.1) is 0 Å². The van der Waals surface area contributed by atoms with E-state index in [4.69, 9.17) is 4.74 Å². The number of methoxy groups -OCH3 is 1. The molecule has 37 heavy (non-hydrogen) atoms. The first-order chi connectivity index (χ1) is 17.9. The molecule has 10 heteroatoms. The Kier molecular flexibility index (Phi) is 6.14. The van der Waals surface area contributed by atoms with E-state index in [1.165, 1.54) is 11.7 Å². The molecule has 4 aromatic rings. The van der Waals surface area contributed by atoms with E-state index in [9.17, 15) is 19.2 Å². The fourth-order valence-corrected chi connectivity index (χ4v) is 4.33. The summed E-state index contributed by atoms with van der Waals surface area (Å²) in [4.78, 5) is 57.1. The Morgan fingerprint density at radius 2 is 1.62 bits per heavy atom. The molecule has 2 heterocycles. The normalized spacial score (nSPS) is 12.5. The van der Waals surface area contributed by atoms with Crippen LogP contribution in [0.15, 0.2) is 71.5 Å². The predicted molar refractivity (Wildman–Crippen MR) is 136 cm³/mol. The number of carbonyl (C=O) groups is 3. The van der Waals surface area contributed by atoms with E-state index in [1.54, 1.807) is 73.7 Å². The summed E-state index contributed by atoms with van der Waals surface area (Å²) in [5, 5.41) is 0.476. The molecule has 0 fully saturated rings. The zero-order chi connectivity index (χ0) is 26.1. The summed E-state index contributed by atoms with van der Waals surface area (Å²) in [7, 11) is 1.43. The number of nitrogens with one attached hydrogen (secondary N) is 2. The second-order valence-corrected chi connectivity index (χ2v) is 8.36. The van der Waals surface area contributed by atoms with Crippen molar-refractivity contribution in [1.29, 1.82) is 0 Å². The molecule has 0 saturated heterocycles. The molecular formula is C27H23N5O5. The molecule has 0 spiro atoms. The predicted octanol–water partition coefficient (Wildman–Crippen LogP) is 2.98. The molecule has 10 nitrogen and oxygen atoms in total. The Labute approximate surface area is 211 Å². The molecule has 186 valence electrons. The molecule has 0 atom stereocenters. The van der Waals surface area contributed by atoms with Gasteiger partial charge in [0.1, 0.15) is 5.75 Å². The fraction of sp³-hybridized carbons (Fsp3) is 0.148. The van der Waals surface area contributed by atoms with Gasteiger partial charge in [0.2, 0.25) is 5.95 Å². The lowest BCUT2D eigenvalue weighted by molar-refractivity contribution is 0.0642. The van der Waals surface area contributed by atoms with Gasteiger partial charge in [-0.2, -0.15) is 0 Å². The molecule has 3 aromatic carbocycles. The van der Waals surface area contributed by atoms with Crippen LogP contribution in [-0.4, -0.2) is 39.3 Å². The summed E-state index contributed by atoms with van der Waals surface area (Å²) in [6, 6.07) is 18.4. The SMILES string of the molecule is CCn1c(NNC(=O)c2cc(CN3C(=O)c4ccccc4C3=O)ccc2OC)nc2ccccc2c1=O. The number of hydrogen-bond acceptors (Lipinski definition) is 7. The number of hydrogen-bond donors (Lipinski definition) is 2. The Morgan fingerprint density at radius 1 is 0.946 bits per heavy atom. The highest BCUT2D eigenvalue weighted by Crippen LogP contribution is 2.26. The van der Waals surface area contributed by atoms with E-state index in [0.717, 1.165) is 4.90 Å². The number of hydrazine groups is 1. The number of para-hydroxylation sites is 1. The van der Waals surface area contributed by atoms with Crippen LogP contribution in [0.5, 0.6) is 5.75 Å². The van der Waals surface area contributed by atoms with Gasteiger partial charge in [0.25, 0.3) is 23.3 Å². The molecule has 0 radical (unpaired) electrons. The van der Waals surface area contributed by atoms with Gasteiger partial charge in [-0.3, -0.25) is 39.5 Å². The van der Waals surface area contributed by atoms with Crippen LogP contribution < -0.4 is 21.1 Å². The Morgan fingerprint density at radius 3 is 2.30 bits per heavy atom. The van der Waals surface area contributed by atoms with Crippen LogP contribution >= 0.6 is 0 Å². The van der Waals surface area contributed by atoms with Gasteiger partial charge >= 0.3 is 0 Å². The van der Waals surface area contributed by atoms with Crippen LogP contribution in [0.1, 0.15) is 43.6 Å². The van der Waals surface area contributed by atoms with Gasteiger partial charge < -0.3 is 4.74 Å². The highest BCUT2D eigenvalue weighted by atomic mass is 16.5. The molecule has 3 amide bonds. The van der Waals surface area contributed by atoms with Crippen molar-refractivity contribution in [2.75, 3.05) is 12.5 Å². The number of anilines is 1. The maximum atomic E-state index is 13.1. The molecule has 0 unspecified atom stereocenters. The van der Waals surface area contributed by atoms with Gasteiger partial charge in [-0.1, -0.05) is 30.3 Å². The second kappa shape index (κ2) is 9.57. The highest BCUT2D eigenvalue weighted by molar-refractivity contribution is 6.21. The van der Waals surface area contributed by atoms with Crippen LogP contribution in [-0.2, 0) is 13.1 Å². The average Bonchev–Trinajstić information content (AvgIpc) is 3.16. The van der Waals surface area contributed by atoms with Crippen molar-refractivity contribution >= 4 is 34.6 Å². The van der Waals surface area contributed by atoms with Crippen LogP contribution in [0.3, 0.4) is 0 Å². The topological polar surface area (TPSA) is 123 Å². The van der Waals surface area contributed by atoms with Crippen molar-refractivity contribution in [1.82, 2.24) is 19.9 Å². The number of nitrogens with zero attached hydrogens (tertiary/aromatic N) is 3. The van der Waals surface area contributed by atoms with Gasteiger partial charge in [-0.15, -0.1) is 0 Å². The molecule has 0 saturated carbocycles. The summed E-state index contributed by atoms with van der Waals surface area (Å²) in [5.41, 5.74) is 7.03. The number of benzene rings is 3. The maximum absolute atomic E-state index is 13.1. The molecule has 0 aliphatic carbocycles. The molecule has 1 aliphatic heterocycles. The first kappa shape index (κ1) is 23.7. The Bertz CT molecular complexity index is 1590. The third-order valence-corrected chi connectivity index (χ3v) is 6.19. The van der Waals surface area contributed by atoms with E-state index in [0.29, 0.717) is 39.9 Å². The van der Waals surface area contributed by atoms with Gasteiger partial charge in [0.05, 0.1) is 41.2 Å². The van der Waals surface area contributed by atoms with E-state index in [-0.39, 0.29) is 35.4 Å². The standard InChI is InChI=1S/C27H23N5O5/c1-3-31-26(36)19-10-6-7-11-21(19)28-27(31)30-29-23(33)20-14-16(12-13-22(20)37-2)15-32-24(34)17-8-4-5-9-18(17)25(32)35/h4-14H,3,15H2,1-2H3,(H,28,30)(H,29,33). The van der Waals surface area contributed by atoms with Crippen molar-refractivity contribution in [2.24, 2.45) is 0 Å². The number of fused-ring (bicyclic) bond motifs is 2. The lowest BCUT2D eigenvalue weighted by Crippen LogP contribution is -2.34. The lowest BCUT2D eigenvalue weighted by atomic mass is 10.1. The number of amides is 3. The van der Waals surface area contributed by atoms with Gasteiger partial charge in [0.15, 0.2) is 0 Å². The smallest absolute Gasteiger partial charge is 0.273 e. The quantitative estimate of drug-likeness (QED) is 0.297. The number of imide groups is 1. The molecule has 2 N–H and O–H groups in total. The molecular weight excluding hydrogens is 474 g/mol. The van der Waals surface area contributed by atoms with E-state index < -0.39 is 5.91 Å². The minimum absolute atomic E-state index is 0.00828. The largest absolute Gasteiger partial charge is 0.496 e. The van der Waals surface area contributed by atoms with Crippen molar-refractivity contribution in [2.45, 2.75) is 20.0 Å². The van der Waals surface area contributed by atoms with Gasteiger partial charge in [-0.05, 0) is 48.9 Å². The summed E-state index contributed by atoms with van der Waals surface area (Å²) < 4.78 is 6.77. The maximum Gasteiger partial charge on any atom is 0.273 e. The summed E-state index contributed by atoms with van der Waals surface area (Å²) in [6.07, 6.45) is 0. The zero-order valence-electron chi connectivity index (χ0n) is 20.1. The van der Waals surface area contributed by atoms with Gasteiger partial charge in [0, 0.05) is 6.54 Å². The van der Waals surface area contributed by atoms with E-state index >= 15 is 0 Å². The van der Waals surface area contributed by atoms with Crippen LogP contribution in [0.2, 0.25) is 0 Å². The molecule has 5 rings (SSSR count). The van der Waals surface area contributed by atoms with Crippen LogP contribution in [0.25, 0.3) is 10.9 Å². The Balaban J connectivity index is 1.39. The Hall–Kier alpha value is -4.99. The highest BCUT2D eigenvalue weighted by Gasteiger charge is 2.35. The lowest BCUT2D eigenvalue weighted by Gasteiger charge is -2.17. The number of ether oxygens (including phenoxy) is 1. The minimum atomic E-state index is -0.550. The van der Waals surface area contributed by atoms with Crippen LogP contribution in [0.4, 0.5) is 5.95 Å². The fourth-order valence-electron chi connectivity index (χ4n) is 4.33. The van der Waals surface area contributed by atoms with Crippen molar-refractivity contribution in [3.63, 3.8) is 0 Å². The van der Waals surface area contributed by atoms with Crippen molar-refractivity contribution in [3.05, 3.63) is 99.3 Å². The summed E-state index contributed by atoms with van der Waals surface area (Å²) >= 11 is 0. The summed E-state index contributed by atoms with van der Waals surface area (Å²) in [6.45, 7) is 2.14. The van der Waals surface area contributed by atoms with Crippen molar-refractivity contribution < 1.29 is 19.1 Å². The van der Waals surface area contributed by atoms with E-state index in [1.807, 2.05) is 0 Å². The first-order valence-electron chi connectivity index (χ1n) is 11.6. The first-order valence-corrected chi connectivity index (χ1v) is 11.6. The molecule has 1 aliphatic rings. The number of carbonyl (C=O) groups excluding carboxylic acids is 3. The number of aromatic nitrogens is 2. The second-order valence-electron chi connectivity index (χ2n) is 8.36. The zero-order valence-corrected chi connectivity index (χ0v) is 20.1. The monoisotopic (exact) mass is 497 g/mol. The third-order valence-electron chi connectivity index (χ3n) is 6.19. The average molecular weight is 498 g/mol. The van der Waals surface area contributed by atoms with E-state index in [2.05, 4.69) is 15.8 Å². The summed E-state index contributed by atoms with van der Waals surface area (Å²) in [5.74, 6) is -0.843. The van der Waals surface area contributed by atoms with Crippen molar-refractivity contribution in [3.8, 4) is 5.75 Å².